The Bertz CT molecular complexity index is 378. The SMILES string of the molecule is CC.NCCC(O)C1=CC(SCC2CCCCC2)CCC(F)=C1. The standard InChI is InChI=1S/C17H28FNOS.C2H6/c18-15-6-7-16(11-14(10-15)17(20)8-9-19)21-12-13-4-2-1-3-5-13;1-2/h10-11,13,16-17,20H,1-9,12,19H2;1-2H3. The van der Waals surface area contributed by atoms with Crippen molar-refractivity contribution in [2.75, 3.05) is 12.3 Å². The van der Waals surface area contributed by atoms with Gasteiger partial charge in [-0.2, -0.15) is 11.8 Å². The van der Waals surface area contributed by atoms with E-state index in [4.69, 9.17) is 5.73 Å². The molecule has 1 saturated carbocycles. The molecule has 0 spiro atoms. The van der Waals surface area contributed by atoms with Gasteiger partial charge in [-0.05, 0) is 55.5 Å². The second kappa shape index (κ2) is 12.1. The lowest BCUT2D eigenvalue weighted by Gasteiger charge is -2.23. The molecular formula is C19H34FNOS. The van der Waals surface area contributed by atoms with Crippen LogP contribution in [0.5, 0.6) is 0 Å². The zero-order chi connectivity index (χ0) is 17.1. The minimum absolute atomic E-state index is 0.113. The lowest BCUT2D eigenvalue weighted by atomic mass is 9.91. The van der Waals surface area contributed by atoms with Gasteiger partial charge in [-0.3, -0.25) is 0 Å². The lowest BCUT2D eigenvalue weighted by Crippen LogP contribution is -2.16. The van der Waals surface area contributed by atoms with Crippen LogP contribution in [0.2, 0.25) is 0 Å². The number of thioether (sulfide) groups is 1. The first-order valence-corrected chi connectivity index (χ1v) is 10.3. The van der Waals surface area contributed by atoms with Gasteiger partial charge >= 0.3 is 0 Å². The summed E-state index contributed by atoms with van der Waals surface area (Å²) in [5.41, 5.74) is 6.21. The Morgan fingerprint density at radius 1 is 1.26 bits per heavy atom. The predicted octanol–water partition coefficient (Wildman–Crippen LogP) is 4.98. The molecule has 2 nitrogen and oxygen atoms in total. The van der Waals surface area contributed by atoms with Crippen LogP contribution in [0.1, 0.15) is 65.2 Å². The fourth-order valence-corrected chi connectivity index (χ4v) is 4.55. The molecule has 0 aliphatic heterocycles. The van der Waals surface area contributed by atoms with Crippen LogP contribution in [0.4, 0.5) is 4.39 Å². The monoisotopic (exact) mass is 343 g/mol. The highest BCUT2D eigenvalue weighted by Crippen LogP contribution is 2.33. The number of hydrogen-bond acceptors (Lipinski definition) is 3. The van der Waals surface area contributed by atoms with Crippen molar-refractivity contribution in [2.24, 2.45) is 11.7 Å². The molecule has 0 heterocycles. The summed E-state index contributed by atoms with van der Waals surface area (Å²) in [4.78, 5) is 0. The fourth-order valence-electron chi connectivity index (χ4n) is 3.16. The van der Waals surface area contributed by atoms with Crippen LogP contribution in [0, 0.1) is 5.92 Å². The van der Waals surface area contributed by atoms with Gasteiger partial charge < -0.3 is 10.8 Å². The molecule has 0 aromatic heterocycles. The smallest absolute Gasteiger partial charge is 0.100 e. The number of aliphatic hydroxyl groups is 1. The average Bonchev–Trinajstić information content (AvgIpc) is 2.78. The van der Waals surface area contributed by atoms with Crippen molar-refractivity contribution in [1.82, 2.24) is 0 Å². The van der Waals surface area contributed by atoms with Crippen molar-refractivity contribution < 1.29 is 9.50 Å². The van der Waals surface area contributed by atoms with E-state index in [1.165, 1.54) is 43.9 Å². The first-order chi connectivity index (χ1) is 11.2. The Hall–Kier alpha value is -0.320. The summed E-state index contributed by atoms with van der Waals surface area (Å²) < 4.78 is 13.7. The van der Waals surface area contributed by atoms with Crippen LogP contribution in [0.15, 0.2) is 23.6 Å². The summed E-state index contributed by atoms with van der Waals surface area (Å²) in [6.45, 7) is 4.42. The third-order valence-corrected chi connectivity index (χ3v) is 5.93. The zero-order valence-electron chi connectivity index (χ0n) is 14.8. The molecule has 0 saturated heterocycles. The van der Waals surface area contributed by atoms with Gasteiger partial charge in [0.25, 0.3) is 0 Å². The largest absolute Gasteiger partial charge is 0.388 e. The van der Waals surface area contributed by atoms with Crippen molar-refractivity contribution in [3.8, 4) is 0 Å². The molecule has 0 amide bonds. The molecule has 2 aliphatic rings. The quantitative estimate of drug-likeness (QED) is 0.715. The predicted molar refractivity (Wildman–Crippen MR) is 100 cm³/mol. The van der Waals surface area contributed by atoms with E-state index < -0.39 is 6.10 Å². The Labute approximate surface area is 145 Å². The normalized spacial score (nSPS) is 24.0. The van der Waals surface area contributed by atoms with Crippen molar-refractivity contribution in [1.29, 1.82) is 0 Å². The van der Waals surface area contributed by atoms with Crippen LogP contribution >= 0.6 is 11.8 Å². The number of hydrogen-bond donors (Lipinski definition) is 2. The molecule has 0 aromatic rings. The molecular weight excluding hydrogens is 309 g/mol. The highest BCUT2D eigenvalue weighted by atomic mass is 32.2. The first kappa shape index (κ1) is 20.7. The topological polar surface area (TPSA) is 46.2 Å². The molecule has 4 heteroatoms. The molecule has 23 heavy (non-hydrogen) atoms. The van der Waals surface area contributed by atoms with Crippen molar-refractivity contribution in [3.63, 3.8) is 0 Å². The Morgan fingerprint density at radius 3 is 2.61 bits per heavy atom. The van der Waals surface area contributed by atoms with Crippen molar-refractivity contribution in [3.05, 3.63) is 23.6 Å². The van der Waals surface area contributed by atoms with Crippen LogP contribution in [-0.2, 0) is 0 Å². The third kappa shape index (κ3) is 7.86. The van der Waals surface area contributed by atoms with E-state index in [-0.39, 0.29) is 5.83 Å². The molecule has 2 unspecified atom stereocenters. The molecule has 0 radical (unpaired) electrons. The summed E-state index contributed by atoms with van der Waals surface area (Å²) in [5, 5.41) is 10.4. The molecule has 0 aromatic carbocycles. The Kier molecular flexibility index (Phi) is 10.9. The van der Waals surface area contributed by atoms with E-state index in [1.807, 2.05) is 25.6 Å². The maximum atomic E-state index is 13.7. The van der Waals surface area contributed by atoms with Gasteiger partial charge in [0, 0.05) is 11.7 Å². The molecule has 0 bridgehead atoms. The third-order valence-electron chi connectivity index (χ3n) is 4.46. The van der Waals surface area contributed by atoms with Gasteiger partial charge in [-0.1, -0.05) is 39.2 Å². The zero-order valence-corrected chi connectivity index (χ0v) is 15.6. The number of nitrogens with two attached hydrogens (primary N) is 1. The average molecular weight is 344 g/mol. The summed E-state index contributed by atoms with van der Waals surface area (Å²) in [7, 11) is 0. The molecule has 2 aliphatic carbocycles. The number of aliphatic hydroxyl groups excluding tert-OH is 1. The number of allylic oxidation sites excluding steroid dienone is 1. The van der Waals surface area contributed by atoms with E-state index in [9.17, 15) is 9.50 Å². The Balaban J connectivity index is 0.00000127. The van der Waals surface area contributed by atoms with E-state index >= 15 is 0 Å². The summed E-state index contributed by atoms with van der Waals surface area (Å²) in [5.74, 6) is 1.89. The van der Waals surface area contributed by atoms with Crippen molar-refractivity contribution in [2.45, 2.75) is 76.6 Å². The van der Waals surface area contributed by atoms with Crippen LogP contribution in [-0.4, -0.2) is 28.8 Å². The molecule has 3 N–H and O–H groups in total. The van der Waals surface area contributed by atoms with E-state index in [1.54, 1.807) is 0 Å². The van der Waals surface area contributed by atoms with Gasteiger partial charge in [0.05, 0.1) is 6.10 Å². The van der Waals surface area contributed by atoms with E-state index in [2.05, 4.69) is 6.08 Å². The molecule has 1 fully saturated rings. The van der Waals surface area contributed by atoms with Crippen LogP contribution < -0.4 is 5.73 Å². The van der Waals surface area contributed by atoms with Gasteiger partial charge in [0.1, 0.15) is 5.83 Å². The number of rotatable bonds is 6. The second-order valence-electron chi connectivity index (χ2n) is 6.27. The summed E-state index contributed by atoms with van der Waals surface area (Å²) >= 11 is 1.94. The number of halogens is 1. The van der Waals surface area contributed by atoms with Gasteiger partial charge in [0.2, 0.25) is 0 Å². The molecule has 134 valence electrons. The van der Waals surface area contributed by atoms with Crippen molar-refractivity contribution >= 4 is 11.8 Å². The summed E-state index contributed by atoms with van der Waals surface area (Å²) in [6.07, 6.45) is 11.6. The summed E-state index contributed by atoms with van der Waals surface area (Å²) in [6, 6.07) is 0. The van der Waals surface area contributed by atoms with Gasteiger partial charge in [0.15, 0.2) is 0 Å². The lowest BCUT2D eigenvalue weighted by molar-refractivity contribution is 0.206. The van der Waals surface area contributed by atoms with E-state index in [0.717, 1.165) is 17.9 Å². The second-order valence-corrected chi connectivity index (χ2v) is 7.54. The van der Waals surface area contributed by atoms with E-state index in [0.29, 0.717) is 24.6 Å². The Morgan fingerprint density at radius 2 is 1.96 bits per heavy atom. The van der Waals surface area contributed by atoms with Crippen LogP contribution in [0.25, 0.3) is 0 Å². The van der Waals surface area contributed by atoms with Gasteiger partial charge in [-0.15, -0.1) is 0 Å². The molecule has 2 rings (SSSR count). The highest BCUT2D eigenvalue weighted by Gasteiger charge is 2.20. The highest BCUT2D eigenvalue weighted by molar-refractivity contribution is 8.00. The minimum atomic E-state index is -0.628. The van der Waals surface area contributed by atoms with Crippen LogP contribution in [0.3, 0.4) is 0 Å². The fraction of sp³-hybridized carbons (Fsp3) is 0.789. The maximum Gasteiger partial charge on any atom is 0.100 e. The maximum absolute atomic E-state index is 13.7. The molecule has 2 atom stereocenters. The van der Waals surface area contributed by atoms with Gasteiger partial charge in [-0.25, -0.2) is 4.39 Å². The first-order valence-electron chi connectivity index (χ1n) is 9.26. The minimum Gasteiger partial charge on any atom is -0.388 e.